The van der Waals surface area contributed by atoms with Crippen molar-refractivity contribution < 1.29 is 54.2 Å². The molecular formula is C56H120Cl2N2O4. The maximum atomic E-state index is 9.65. The molecule has 0 atom stereocenters. The number of hydrogen-bond acceptors (Lipinski definition) is 4. The van der Waals surface area contributed by atoms with Gasteiger partial charge in [-0.3, -0.25) is 0 Å². The van der Waals surface area contributed by atoms with Crippen molar-refractivity contribution in [2.45, 2.75) is 285 Å². The van der Waals surface area contributed by atoms with Gasteiger partial charge in [-0.05, 0) is 51.4 Å². The molecular weight excluding hydrogens is 836 g/mol. The average molecular weight is 956 g/mol. The number of rotatable bonds is 52. The van der Waals surface area contributed by atoms with E-state index in [-0.39, 0.29) is 51.2 Å². The predicted octanol–water partition coefficient (Wildman–Crippen LogP) is 9.27. The number of unbranched alkanes of at least 4 members (excludes halogenated alkanes) is 36. The summed E-state index contributed by atoms with van der Waals surface area (Å²) >= 11 is 0. The summed E-state index contributed by atoms with van der Waals surface area (Å²) in [5, 5.41) is 38.6. The maximum Gasteiger partial charge on any atom is 0.102 e. The van der Waals surface area contributed by atoms with Gasteiger partial charge in [0.1, 0.15) is 26.2 Å². The monoisotopic (exact) mass is 955 g/mol. The van der Waals surface area contributed by atoms with Crippen molar-refractivity contribution >= 4 is 0 Å². The van der Waals surface area contributed by atoms with E-state index in [0.29, 0.717) is 0 Å². The van der Waals surface area contributed by atoms with Crippen LogP contribution in [0.3, 0.4) is 0 Å². The average Bonchev–Trinajstić information content (AvgIpc) is 3.27. The summed E-state index contributed by atoms with van der Waals surface area (Å²) in [6.07, 6.45) is 54.6. The van der Waals surface area contributed by atoms with Crippen molar-refractivity contribution in [3.8, 4) is 0 Å². The van der Waals surface area contributed by atoms with Crippen LogP contribution in [-0.2, 0) is 0 Å². The lowest BCUT2D eigenvalue weighted by atomic mass is 10.1. The van der Waals surface area contributed by atoms with E-state index in [2.05, 4.69) is 27.7 Å². The van der Waals surface area contributed by atoms with Crippen LogP contribution in [0.25, 0.3) is 0 Å². The smallest absolute Gasteiger partial charge is 0.102 e. The van der Waals surface area contributed by atoms with E-state index < -0.39 is 0 Å². The molecule has 0 aromatic carbocycles. The Kier molecular flexibility index (Phi) is 65.9. The molecule has 0 aliphatic carbocycles. The molecule has 8 heteroatoms. The molecule has 0 aliphatic heterocycles. The first kappa shape index (κ1) is 70.9. The first-order valence-corrected chi connectivity index (χ1v) is 28.6. The fraction of sp³-hybridized carbons (Fsp3) is 1.00. The van der Waals surface area contributed by atoms with Crippen molar-refractivity contribution in [3.05, 3.63) is 0 Å². The molecule has 64 heavy (non-hydrogen) atoms. The predicted molar refractivity (Wildman–Crippen MR) is 275 cm³/mol. The summed E-state index contributed by atoms with van der Waals surface area (Å²) in [5.74, 6) is 0. The first-order chi connectivity index (χ1) is 30.5. The Bertz CT molecular complexity index is 683. The molecule has 0 amide bonds. The normalized spacial score (nSPS) is 11.6. The van der Waals surface area contributed by atoms with Gasteiger partial charge >= 0.3 is 0 Å². The van der Waals surface area contributed by atoms with Gasteiger partial charge in [0.15, 0.2) is 0 Å². The minimum Gasteiger partial charge on any atom is -1.00 e. The van der Waals surface area contributed by atoms with Gasteiger partial charge in [0, 0.05) is 0 Å². The van der Waals surface area contributed by atoms with Gasteiger partial charge in [0.25, 0.3) is 0 Å². The second-order valence-electron chi connectivity index (χ2n) is 20.1. The van der Waals surface area contributed by atoms with Crippen LogP contribution in [0, 0.1) is 0 Å². The highest BCUT2D eigenvalue weighted by Crippen LogP contribution is 2.19. The van der Waals surface area contributed by atoms with Gasteiger partial charge in [-0.25, -0.2) is 0 Å². The molecule has 0 bridgehead atoms. The third kappa shape index (κ3) is 50.2. The number of hydrogen-bond donors (Lipinski definition) is 4. The Labute approximate surface area is 415 Å². The molecule has 392 valence electrons. The first-order valence-electron chi connectivity index (χ1n) is 28.6. The summed E-state index contributed by atoms with van der Waals surface area (Å²) in [4.78, 5) is 0. The van der Waals surface area contributed by atoms with Crippen LogP contribution in [0.4, 0.5) is 0 Å². The molecule has 0 aromatic heterocycles. The molecule has 0 saturated carbocycles. The Morgan fingerprint density at radius 2 is 0.312 bits per heavy atom. The minimum absolute atomic E-state index is 0. The zero-order chi connectivity index (χ0) is 45.8. The topological polar surface area (TPSA) is 80.9 Å². The van der Waals surface area contributed by atoms with Gasteiger partial charge < -0.3 is 54.2 Å². The quantitative estimate of drug-likeness (QED) is 0.0363. The van der Waals surface area contributed by atoms with Crippen LogP contribution < -0.4 is 24.8 Å². The molecule has 0 saturated heterocycles. The highest BCUT2D eigenvalue weighted by molar-refractivity contribution is 4.55. The lowest BCUT2D eigenvalue weighted by molar-refractivity contribution is -0.929. The van der Waals surface area contributed by atoms with Crippen molar-refractivity contribution in [3.63, 3.8) is 0 Å². The standard InChI is InChI=1S/2C28H60NO2.2ClH/c2*1-3-5-7-9-11-13-15-17-19-21-23-29(25-27-30,26-28-31)24-22-20-18-16-14-12-10-8-6-4-2;;/h2*30-31H,3-28H2,1-2H3;2*1H/q2*+1;;/p-2. The Hall–Kier alpha value is 0.340. The molecule has 4 N–H and O–H groups in total. The summed E-state index contributed by atoms with van der Waals surface area (Å²) in [6.45, 7) is 17.9. The van der Waals surface area contributed by atoms with Crippen molar-refractivity contribution in [1.82, 2.24) is 0 Å². The van der Waals surface area contributed by atoms with E-state index in [1.807, 2.05) is 0 Å². The second kappa shape index (κ2) is 59.5. The molecule has 0 rings (SSSR count). The number of aliphatic hydroxyl groups excluding tert-OH is 4. The van der Waals surface area contributed by atoms with Gasteiger partial charge in [0.2, 0.25) is 0 Å². The fourth-order valence-electron chi connectivity index (χ4n) is 9.93. The number of aliphatic hydroxyl groups is 4. The third-order valence-electron chi connectivity index (χ3n) is 14.2. The molecule has 0 aliphatic rings. The second-order valence-corrected chi connectivity index (χ2v) is 20.1. The Morgan fingerprint density at radius 3 is 0.438 bits per heavy atom. The maximum absolute atomic E-state index is 9.65. The zero-order valence-electron chi connectivity index (χ0n) is 44.2. The van der Waals surface area contributed by atoms with Crippen LogP contribution in [0.1, 0.15) is 285 Å². The van der Waals surface area contributed by atoms with Crippen LogP contribution in [0.15, 0.2) is 0 Å². The van der Waals surface area contributed by atoms with Gasteiger partial charge in [0.05, 0.1) is 52.6 Å². The van der Waals surface area contributed by atoms with E-state index >= 15 is 0 Å². The Morgan fingerprint density at radius 1 is 0.188 bits per heavy atom. The summed E-state index contributed by atoms with van der Waals surface area (Å²) in [5.41, 5.74) is 0. The SMILES string of the molecule is CCCCCCCCCCCC[N+](CCO)(CCO)CCCCCCCCCCCC.CCCCCCCCCCCC[N+](CCO)(CCO)CCCCCCCCCCCC.[Cl-].[Cl-]. The Balaban J connectivity index is -0.000000545. The highest BCUT2D eigenvalue weighted by Gasteiger charge is 2.26. The molecule has 6 nitrogen and oxygen atoms in total. The molecule has 0 fully saturated rings. The van der Waals surface area contributed by atoms with E-state index in [4.69, 9.17) is 0 Å². The van der Waals surface area contributed by atoms with E-state index in [1.165, 1.54) is 257 Å². The summed E-state index contributed by atoms with van der Waals surface area (Å²) < 4.78 is 1.86. The molecule has 0 heterocycles. The van der Waals surface area contributed by atoms with Crippen molar-refractivity contribution in [2.24, 2.45) is 0 Å². The number of nitrogens with zero attached hydrogens (tertiary/aromatic N) is 2. The minimum atomic E-state index is 0. The van der Waals surface area contributed by atoms with Crippen LogP contribution in [0.2, 0.25) is 0 Å². The molecule has 0 radical (unpaired) electrons. The summed E-state index contributed by atoms with van der Waals surface area (Å²) in [7, 11) is 0. The van der Waals surface area contributed by atoms with Gasteiger partial charge in [-0.2, -0.15) is 0 Å². The zero-order valence-corrected chi connectivity index (χ0v) is 45.7. The van der Waals surface area contributed by atoms with Crippen molar-refractivity contribution in [1.29, 1.82) is 0 Å². The third-order valence-corrected chi connectivity index (χ3v) is 14.2. The van der Waals surface area contributed by atoms with Gasteiger partial charge in [-0.1, -0.05) is 233 Å². The fourth-order valence-corrected chi connectivity index (χ4v) is 9.93. The molecule has 0 spiro atoms. The molecule has 0 unspecified atom stereocenters. The van der Waals surface area contributed by atoms with Crippen LogP contribution >= 0.6 is 0 Å². The largest absolute Gasteiger partial charge is 1.00 e. The van der Waals surface area contributed by atoms with Gasteiger partial charge in [-0.15, -0.1) is 0 Å². The number of halogens is 2. The van der Waals surface area contributed by atoms with E-state index in [9.17, 15) is 20.4 Å². The lowest BCUT2D eigenvalue weighted by Crippen LogP contribution is -3.00. The molecule has 0 aromatic rings. The van der Waals surface area contributed by atoms with Crippen LogP contribution in [0.5, 0.6) is 0 Å². The van der Waals surface area contributed by atoms with Crippen LogP contribution in [-0.4, -0.2) is 108 Å². The number of quaternary nitrogens is 2. The van der Waals surface area contributed by atoms with E-state index in [1.54, 1.807) is 0 Å². The van der Waals surface area contributed by atoms with E-state index in [0.717, 1.165) is 61.3 Å². The summed E-state index contributed by atoms with van der Waals surface area (Å²) in [6, 6.07) is 0. The highest BCUT2D eigenvalue weighted by atomic mass is 35.5. The van der Waals surface area contributed by atoms with Crippen molar-refractivity contribution in [2.75, 3.05) is 78.8 Å². The lowest BCUT2D eigenvalue weighted by Gasteiger charge is -2.38.